The lowest BCUT2D eigenvalue weighted by Crippen LogP contribution is -2.49. The van der Waals surface area contributed by atoms with Gasteiger partial charge >= 0.3 is 0 Å². The van der Waals surface area contributed by atoms with Gasteiger partial charge in [0, 0.05) is 24.2 Å². The Labute approximate surface area is 114 Å². The van der Waals surface area contributed by atoms with Gasteiger partial charge in [-0.15, -0.1) is 0 Å². The van der Waals surface area contributed by atoms with E-state index in [9.17, 15) is 0 Å². The number of hydrogen-bond donors (Lipinski definition) is 1. The summed E-state index contributed by atoms with van der Waals surface area (Å²) in [6, 6.07) is 1.40. The molecular formula is C15H33N3. The highest BCUT2D eigenvalue weighted by atomic mass is 15.2. The lowest BCUT2D eigenvalue weighted by atomic mass is 10.0. The second-order valence-corrected chi connectivity index (χ2v) is 6.85. The molecule has 0 spiro atoms. The van der Waals surface area contributed by atoms with Crippen molar-refractivity contribution < 1.29 is 0 Å². The highest BCUT2D eigenvalue weighted by molar-refractivity contribution is 4.83. The third-order valence-electron chi connectivity index (χ3n) is 4.53. The SMILES string of the molecule is CC(C)N1CCCC(NCC(C)(C)N(C)C)CC1. The monoisotopic (exact) mass is 255 g/mol. The van der Waals surface area contributed by atoms with Crippen molar-refractivity contribution in [1.29, 1.82) is 0 Å². The fourth-order valence-electron chi connectivity index (χ4n) is 2.39. The smallest absolute Gasteiger partial charge is 0.0271 e. The standard InChI is InChI=1S/C15H33N3/c1-13(2)18-10-7-8-14(9-11-18)16-12-15(3,4)17(5)6/h13-14,16H,7-12H2,1-6H3. The van der Waals surface area contributed by atoms with Crippen molar-refractivity contribution >= 4 is 0 Å². The fourth-order valence-corrected chi connectivity index (χ4v) is 2.39. The Balaban J connectivity index is 2.36. The molecule has 1 saturated heterocycles. The van der Waals surface area contributed by atoms with E-state index in [2.05, 4.69) is 56.9 Å². The molecule has 3 nitrogen and oxygen atoms in total. The minimum absolute atomic E-state index is 0.240. The molecule has 1 N–H and O–H groups in total. The molecule has 1 fully saturated rings. The molecule has 1 aliphatic rings. The zero-order valence-electron chi connectivity index (χ0n) is 13.3. The summed E-state index contributed by atoms with van der Waals surface area (Å²) in [6.07, 6.45) is 3.95. The molecule has 1 heterocycles. The van der Waals surface area contributed by atoms with Crippen LogP contribution >= 0.6 is 0 Å². The van der Waals surface area contributed by atoms with Gasteiger partial charge < -0.3 is 15.1 Å². The summed E-state index contributed by atoms with van der Waals surface area (Å²) in [6.45, 7) is 12.8. The van der Waals surface area contributed by atoms with Crippen LogP contribution in [-0.4, -0.2) is 61.2 Å². The van der Waals surface area contributed by atoms with Crippen molar-refractivity contribution in [2.75, 3.05) is 33.7 Å². The van der Waals surface area contributed by atoms with Crippen LogP contribution in [-0.2, 0) is 0 Å². The van der Waals surface area contributed by atoms with Gasteiger partial charge in [-0.3, -0.25) is 0 Å². The molecule has 0 aliphatic carbocycles. The van der Waals surface area contributed by atoms with E-state index in [1.165, 1.54) is 32.4 Å². The number of nitrogens with one attached hydrogen (secondary N) is 1. The summed E-state index contributed by atoms with van der Waals surface area (Å²) < 4.78 is 0. The van der Waals surface area contributed by atoms with Gasteiger partial charge in [0.2, 0.25) is 0 Å². The third-order valence-corrected chi connectivity index (χ3v) is 4.53. The summed E-state index contributed by atoms with van der Waals surface area (Å²) in [7, 11) is 4.32. The zero-order chi connectivity index (χ0) is 13.8. The second kappa shape index (κ2) is 6.88. The van der Waals surface area contributed by atoms with Gasteiger partial charge in [0.25, 0.3) is 0 Å². The van der Waals surface area contributed by atoms with Gasteiger partial charge in [-0.25, -0.2) is 0 Å². The van der Waals surface area contributed by atoms with Crippen molar-refractivity contribution in [2.45, 2.75) is 64.6 Å². The largest absolute Gasteiger partial charge is 0.312 e. The summed E-state index contributed by atoms with van der Waals surface area (Å²) >= 11 is 0. The van der Waals surface area contributed by atoms with Gasteiger partial charge in [0.05, 0.1) is 0 Å². The van der Waals surface area contributed by atoms with Crippen LogP contribution in [0, 0.1) is 0 Å². The van der Waals surface area contributed by atoms with Crippen molar-refractivity contribution in [3.05, 3.63) is 0 Å². The summed E-state index contributed by atoms with van der Waals surface area (Å²) in [5, 5.41) is 3.77. The molecule has 0 radical (unpaired) electrons. The molecule has 1 rings (SSSR count). The van der Waals surface area contributed by atoms with E-state index in [-0.39, 0.29) is 5.54 Å². The van der Waals surface area contributed by atoms with Crippen LogP contribution < -0.4 is 5.32 Å². The summed E-state index contributed by atoms with van der Waals surface area (Å²) in [5.74, 6) is 0. The van der Waals surface area contributed by atoms with Crippen molar-refractivity contribution in [3.8, 4) is 0 Å². The number of nitrogens with zero attached hydrogens (tertiary/aromatic N) is 2. The normalized spacial score (nSPS) is 23.7. The van der Waals surface area contributed by atoms with Gasteiger partial charge in [-0.2, -0.15) is 0 Å². The van der Waals surface area contributed by atoms with Crippen LogP contribution in [0.1, 0.15) is 47.0 Å². The molecule has 0 aromatic rings. The quantitative estimate of drug-likeness (QED) is 0.812. The number of likely N-dealkylation sites (tertiary alicyclic amines) is 1. The van der Waals surface area contributed by atoms with Crippen molar-refractivity contribution in [2.24, 2.45) is 0 Å². The molecule has 18 heavy (non-hydrogen) atoms. The Hall–Kier alpha value is -0.120. The Morgan fingerprint density at radius 2 is 1.89 bits per heavy atom. The van der Waals surface area contributed by atoms with Gasteiger partial charge in [0.1, 0.15) is 0 Å². The number of hydrogen-bond acceptors (Lipinski definition) is 3. The lowest BCUT2D eigenvalue weighted by Gasteiger charge is -2.34. The Bertz CT molecular complexity index is 236. The molecule has 0 amide bonds. The van der Waals surface area contributed by atoms with E-state index in [0.29, 0.717) is 12.1 Å². The fraction of sp³-hybridized carbons (Fsp3) is 1.00. The molecule has 0 saturated carbocycles. The Morgan fingerprint density at radius 1 is 1.22 bits per heavy atom. The number of likely N-dealkylation sites (N-methyl/N-ethyl adjacent to an activating group) is 1. The lowest BCUT2D eigenvalue weighted by molar-refractivity contribution is 0.181. The van der Waals surface area contributed by atoms with Crippen LogP contribution in [0.3, 0.4) is 0 Å². The second-order valence-electron chi connectivity index (χ2n) is 6.85. The van der Waals surface area contributed by atoms with E-state index in [1.807, 2.05) is 0 Å². The maximum Gasteiger partial charge on any atom is 0.0271 e. The molecule has 1 unspecified atom stereocenters. The van der Waals surface area contributed by atoms with Crippen molar-refractivity contribution in [3.63, 3.8) is 0 Å². The average Bonchev–Trinajstić information content (AvgIpc) is 2.51. The molecule has 0 aromatic heterocycles. The van der Waals surface area contributed by atoms with Gasteiger partial charge in [0.15, 0.2) is 0 Å². The van der Waals surface area contributed by atoms with Crippen LogP contribution in [0.2, 0.25) is 0 Å². The van der Waals surface area contributed by atoms with Crippen LogP contribution in [0.5, 0.6) is 0 Å². The molecule has 0 aromatic carbocycles. The summed E-state index contributed by atoms with van der Waals surface area (Å²) in [5.41, 5.74) is 0.240. The van der Waals surface area contributed by atoms with Crippen molar-refractivity contribution in [1.82, 2.24) is 15.1 Å². The molecular weight excluding hydrogens is 222 g/mol. The van der Waals surface area contributed by atoms with Gasteiger partial charge in [-0.05, 0) is 74.1 Å². The topological polar surface area (TPSA) is 18.5 Å². The molecule has 3 heteroatoms. The van der Waals surface area contributed by atoms with E-state index >= 15 is 0 Å². The predicted molar refractivity (Wildman–Crippen MR) is 80.1 cm³/mol. The van der Waals surface area contributed by atoms with E-state index < -0.39 is 0 Å². The first kappa shape index (κ1) is 15.9. The molecule has 108 valence electrons. The van der Waals surface area contributed by atoms with E-state index in [1.54, 1.807) is 0 Å². The maximum atomic E-state index is 3.77. The van der Waals surface area contributed by atoms with Crippen LogP contribution in [0.4, 0.5) is 0 Å². The van der Waals surface area contributed by atoms with E-state index in [0.717, 1.165) is 6.54 Å². The molecule has 0 bridgehead atoms. The van der Waals surface area contributed by atoms with Crippen LogP contribution in [0.25, 0.3) is 0 Å². The first-order valence-electron chi connectivity index (χ1n) is 7.48. The molecule has 1 aliphatic heterocycles. The number of rotatable bonds is 5. The van der Waals surface area contributed by atoms with E-state index in [4.69, 9.17) is 0 Å². The Kier molecular flexibility index (Phi) is 6.09. The first-order chi connectivity index (χ1) is 8.33. The molecule has 1 atom stereocenters. The minimum atomic E-state index is 0.240. The third kappa shape index (κ3) is 4.87. The maximum absolute atomic E-state index is 3.77. The van der Waals surface area contributed by atoms with Crippen LogP contribution in [0.15, 0.2) is 0 Å². The summed E-state index contributed by atoms with van der Waals surface area (Å²) in [4.78, 5) is 4.91. The average molecular weight is 255 g/mol. The zero-order valence-corrected chi connectivity index (χ0v) is 13.3. The highest BCUT2D eigenvalue weighted by Gasteiger charge is 2.23. The van der Waals surface area contributed by atoms with Gasteiger partial charge in [-0.1, -0.05) is 0 Å². The Morgan fingerprint density at radius 3 is 2.44 bits per heavy atom. The predicted octanol–water partition coefficient (Wildman–Crippen LogP) is 2.18. The minimum Gasteiger partial charge on any atom is -0.312 e. The highest BCUT2D eigenvalue weighted by Crippen LogP contribution is 2.15. The first-order valence-corrected chi connectivity index (χ1v) is 7.48.